The van der Waals surface area contributed by atoms with Gasteiger partial charge < -0.3 is 25.0 Å². The lowest BCUT2D eigenvalue weighted by atomic mass is 10.1. The number of nitrogens with zero attached hydrogens (tertiary/aromatic N) is 2. The molecular formula is C20H32N4O3. The number of benzene rings is 1. The summed E-state index contributed by atoms with van der Waals surface area (Å²) in [7, 11) is 2.06. The molecule has 7 nitrogen and oxygen atoms in total. The summed E-state index contributed by atoms with van der Waals surface area (Å²) in [5, 5.41) is 6.06. The molecule has 1 aromatic rings. The quantitative estimate of drug-likeness (QED) is 0.506. The number of carbonyl (C=O) groups excluding carboxylic acids is 1. The first-order valence-electron chi connectivity index (χ1n) is 9.68. The number of guanidine groups is 1. The van der Waals surface area contributed by atoms with Gasteiger partial charge in [-0.1, -0.05) is 12.1 Å². The van der Waals surface area contributed by atoms with Crippen LogP contribution in [-0.2, 0) is 16.1 Å². The Bertz CT molecular complexity index is 615. The Labute approximate surface area is 162 Å². The first-order valence-corrected chi connectivity index (χ1v) is 9.68. The third-order valence-electron chi connectivity index (χ3n) is 4.31. The molecule has 1 aliphatic rings. The molecule has 1 atom stereocenters. The lowest BCUT2D eigenvalue weighted by molar-refractivity contribution is -0.122. The van der Waals surface area contributed by atoms with Crippen LogP contribution in [0.25, 0.3) is 0 Å². The maximum Gasteiger partial charge on any atom is 0.257 e. The van der Waals surface area contributed by atoms with Crippen molar-refractivity contribution in [2.45, 2.75) is 26.8 Å². The largest absolute Gasteiger partial charge is 0.484 e. The molecule has 1 amide bonds. The van der Waals surface area contributed by atoms with E-state index in [9.17, 15) is 4.79 Å². The second-order valence-electron chi connectivity index (χ2n) is 6.67. The van der Waals surface area contributed by atoms with Crippen molar-refractivity contribution in [3.05, 3.63) is 29.8 Å². The summed E-state index contributed by atoms with van der Waals surface area (Å²) in [6.07, 6.45) is 1.11. The molecular weight excluding hydrogens is 344 g/mol. The number of aliphatic imine (C=N–C) groups is 1. The van der Waals surface area contributed by atoms with Gasteiger partial charge in [0.15, 0.2) is 12.6 Å². The van der Waals surface area contributed by atoms with E-state index in [0.29, 0.717) is 24.8 Å². The van der Waals surface area contributed by atoms with Gasteiger partial charge in [0.1, 0.15) is 5.75 Å². The summed E-state index contributed by atoms with van der Waals surface area (Å²) < 4.78 is 11.0. The third-order valence-corrected chi connectivity index (χ3v) is 4.31. The number of likely N-dealkylation sites (N-methyl/N-ethyl adjacent to an activating group) is 1. The lowest BCUT2D eigenvalue weighted by Crippen LogP contribution is -2.41. The molecule has 1 saturated heterocycles. The normalized spacial score (nSPS) is 16.9. The minimum atomic E-state index is -0.118. The minimum Gasteiger partial charge on any atom is -0.484 e. The molecule has 0 bridgehead atoms. The fraction of sp³-hybridized carbons (Fsp3) is 0.600. The summed E-state index contributed by atoms with van der Waals surface area (Å²) in [4.78, 5) is 18.4. The van der Waals surface area contributed by atoms with Crippen molar-refractivity contribution in [1.82, 2.24) is 15.5 Å². The zero-order valence-corrected chi connectivity index (χ0v) is 16.7. The molecule has 0 aromatic heterocycles. The highest BCUT2D eigenvalue weighted by atomic mass is 16.5. The van der Waals surface area contributed by atoms with Crippen molar-refractivity contribution in [2.24, 2.45) is 10.9 Å². The molecule has 1 aliphatic heterocycles. The van der Waals surface area contributed by atoms with Crippen LogP contribution in [0.2, 0.25) is 0 Å². The zero-order chi connectivity index (χ0) is 19.5. The predicted octanol–water partition coefficient (Wildman–Crippen LogP) is 1.64. The zero-order valence-electron chi connectivity index (χ0n) is 16.7. The van der Waals surface area contributed by atoms with E-state index in [4.69, 9.17) is 14.5 Å². The molecule has 27 heavy (non-hydrogen) atoms. The second-order valence-corrected chi connectivity index (χ2v) is 6.67. The number of hydrogen-bond donors (Lipinski definition) is 2. The molecule has 0 saturated carbocycles. The summed E-state index contributed by atoms with van der Waals surface area (Å²) in [6.45, 7) is 8.56. The molecule has 0 radical (unpaired) electrons. The van der Waals surface area contributed by atoms with Crippen LogP contribution in [0.3, 0.4) is 0 Å². The molecule has 1 aromatic carbocycles. The van der Waals surface area contributed by atoms with Gasteiger partial charge in [-0.3, -0.25) is 4.79 Å². The smallest absolute Gasteiger partial charge is 0.257 e. The molecule has 0 spiro atoms. The minimum absolute atomic E-state index is 0.0232. The van der Waals surface area contributed by atoms with Crippen molar-refractivity contribution in [1.29, 1.82) is 0 Å². The Kier molecular flexibility index (Phi) is 8.91. The second kappa shape index (κ2) is 11.4. The molecule has 7 heteroatoms. The Balaban J connectivity index is 1.93. The van der Waals surface area contributed by atoms with Crippen molar-refractivity contribution < 1.29 is 14.3 Å². The summed E-state index contributed by atoms with van der Waals surface area (Å²) in [6, 6.07) is 7.71. The SMILES string of the molecule is CCNC(=O)COc1cccc(CN=C(NCC)N(C)CC2CCOC2)c1. The molecule has 150 valence electrons. The van der Waals surface area contributed by atoms with E-state index >= 15 is 0 Å². The van der Waals surface area contributed by atoms with Gasteiger partial charge in [0.2, 0.25) is 0 Å². The fourth-order valence-corrected chi connectivity index (χ4v) is 2.97. The van der Waals surface area contributed by atoms with Crippen molar-refractivity contribution >= 4 is 11.9 Å². The number of ether oxygens (including phenoxy) is 2. The van der Waals surface area contributed by atoms with E-state index in [1.807, 2.05) is 31.2 Å². The molecule has 1 fully saturated rings. The number of carbonyl (C=O) groups is 1. The van der Waals surface area contributed by atoms with E-state index in [0.717, 1.165) is 44.2 Å². The first kappa shape index (κ1) is 21.0. The van der Waals surface area contributed by atoms with Crippen LogP contribution < -0.4 is 15.4 Å². The van der Waals surface area contributed by atoms with Gasteiger partial charge in [-0.15, -0.1) is 0 Å². The summed E-state index contributed by atoms with van der Waals surface area (Å²) >= 11 is 0. The van der Waals surface area contributed by atoms with Gasteiger partial charge in [0.05, 0.1) is 13.2 Å². The Morgan fingerprint density at radius 3 is 2.85 bits per heavy atom. The monoisotopic (exact) mass is 376 g/mol. The summed E-state index contributed by atoms with van der Waals surface area (Å²) in [5.41, 5.74) is 1.04. The van der Waals surface area contributed by atoms with E-state index in [1.54, 1.807) is 0 Å². The van der Waals surface area contributed by atoms with Crippen molar-refractivity contribution in [2.75, 3.05) is 46.5 Å². The van der Waals surface area contributed by atoms with Crippen LogP contribution in [0.4, 0.5) is 0 Å². The van der Waals surface area contributed by atoms with Crippen LogP contribution in [0.15, 0.2) is 29.3 Å². The standard InChI is InChI=1S/C20H32N4O3/c1-4-21-19(25)15-27-18-8-6-7-16(11-18)12-23-20(22-5-2)24(3)13-17-9-10-26-14-17/h6-8,11,17H,4-5,9-10,12-15H2,1-3H3,(H,21,25)(H,22,23). The highest BCUT2D eigenvalue weighted by Crippen LogP contribution is 2.15. The Morgan fingerprint density at radius 1 is 1.33 bits per heavy atom. The van der Waals surface area contributed by atoms with Gasteiger partial charge in [0, 0.05) is 39.2 Å². The molecule has 1 heterocycles. The van der Waals surface area contributed by atoms with E-state index < -0.39 is 0 Å². The van der Waals surface area contributed by atoms with E-state index in [1.165, 1.54) is 0 Å². The molecule has 1 unspecified atom stereocenters. The maximum absolute atomic E-state index is 11.5. The molecule has 2 N–H and O–H groups in total. The van der Waals surface area contributed by atoms with Crippen LogP contribution >= 0.6 is 0 Å². The average molecular weight is 377 g/mol. The van der Waals surface area contributed by atoms with Crippen LogP contribution in [0.5, 0.6) is 5.75 Å². The van der Waals surface area contributed by atoms with Crippen molar-refractivity contribution in [3.8, 4) is 5.75 Å². The average Bonchev–Trinajstić information content (AvgIpc) is 3.17. The van der Waals surface area contributed by atoms with Gasteiger partial charge in [-0.2, -0.15) is 0 Å². The van der Waals surface area contributed by atoms with Gasteiger partial charge in [-0.25, -0.2) is 4.99 Å². The number of nitrogens with one attached hydrogen (secondary N) is 2. The topological polar surface area (TPSA) is 75.2 Å². The lowest BCUT2D eigenvalue weighted by Gasteiger charge is -2.24. The number of hydrogen-bond acceptors (Lipinski definition) is 4. The highest BCUT2D eigenvalue weighted by molar-refractivity contribution is 5.79. The van der Waals surface area contributed by atoms with Crippen LogP contribution in [0, 0.1) is 5.92 Å². The van der Waals surface area contributed by atoms with E-state index in [-0.39, 0.29) is 12.5 Å². The van der Waals surface area contributed by atoms with Crippen LogP contribution in [0.1, 0.15) is 25.8 Å². The van der Waals surface area contributed by atoms with Crippen molar-refractivity contribution in [3.63, 3.8) is 0 Å². The Morgan fingerprint density at radius 2 is 2.15 bits per heavy atom. The predicted molar refractivity (Wildman–Crippen MR) is 107 cm³/mol. The summed E-state index contributed by atoms with van der Waals surface area (Å²) in [5.74, 6) is 2.01. The molecule has 2 rings (SSSR count). The first-order chi connectivity index (χ1) is 13.1. The van der Waals surface area contributed by atoms with Gasteiger partial charge >= 0.3 is 0 Å². The number of amides is 1. The van der Waals surface area contributed by atoms with E-state index in [2.05, 4.69) is 29.5 Å². The molecule has 0 aliphatic carbocycles. The van der Waals surface area contributed by atoms with Gasteiger partial charge in [0.25, 0.3) is 5.91 Å². The van der Waals surface area contributed by atoms with Gasteiger partial charge in [-0.05, 0) is 38.0 Å². The Hall–Kier alpha value is -2.28. The number of rotatable bonds is 9. The maximum atomic E-state index is 11.5. The van der Waals surface area contributed by atoms with Crippen LogP contribution in [-0.4, -0.2) is 63.3 Å². The third kappa shape index (κ3) is 7.46. The highest BCUT2D eigenvalue weighted by Gasteiger charge is 2.19. The fourth-order valence-electron chi connectivity index (χ4n) is 2.97.